The maximum Gasteiger partial charge on any atom is 0.257 e. The van der Waals surface area contributed by atoms with Gasteiger partial charge in [-0.25, -0.2) is 9.37 Å². The zero-order valence-corrected chi connectivity index (χ0v) is 19.5. The van der Waals surface area contributed by atoms with E-state index in [0.29, 0.717) is 60.8 Å². The fourth-order valence-corrected chi connectivity index (χ4v) is 4.00. The first kappa shape index (κ1) is 22.9. The molecule has 5 rings (SSSR count). The second-order valence-corrected chi connectivity index (χ2v) is 8.53. The Balaban J connectivity index is 1.20. The summed E-state index contributed by atoms with van der Waals surface area (Å²) in [6.45, 7) is 2.87. The first-order chi connectivity index (χ1) is 17.1. The number of hydrogen-bond donors (Lipinski definition) is 1. The lowest BCUT2D eigenvalue weighted by Crippen LogP contribution is -2.48. The molecule has 35 heavy (non-hydrogen) atoms. The van der Waals surface area contributed by atoms with Gasteiger partial charge in [-0.1, -0.05) is 28.9 Å². The van der Waals surface area contributed by atoms with E-state index in [9.17, 15) is 9.18 Å². The molecule has 1 amide bonds. The van der Waals surface area contributed by atoms with Gasteiger partial charge in [0, 0.05) is 43.0 Å². The maximum atomic E-state index is 14.1. The van der Waals surface area contributed by atoms with E-state index in [1.165, 1.54) is 6.07 Å². The number of pyridine rings is 1. The van der Waals surface area contributed by atoms with Crippen molar-refractivity contribution in [3.05, 3.63) is 89.2 Å². The van der Waals surface area contributed by atoms with Crippen molar-refractivity contribution >= 4 is 29.0 Å². The van der Waals surface area contributed by atoms with Gasteiger partial charge in [0.15, 0.2) is 0 Å². The minimum atomic E-state index is -0.412. The molecule has 1 aliphatic rings. The van der Waals surface area contributed by atoms with E-state index < -0.39 is 5.82 Å². The molecule has 0 bridgehead atoms. The van der Waals surface area contributed by atoms with Crippen molar-refractivity contribution in [2.45, 2.75) is 6.54 Å². The SMILES string of the molecule is O=C(c1cccnc1Nc1ccccc1F)N1CCN(Cc2nc(-c3ccc(Cl)cc3)no2)CC1. The van der Waals surface area contributed by atoms with Gasteiger partial charge >= 0.3 is 0 Å². The number of anilines is 2. The van der Waals surface area contributed by atoms with E-state index in [1.807, 2.05) is 12.1 Å². The normalized spacial score (nSPS) is 14.2. The summed E-state index contributed by atoms with van der Waals surface area (Å²) in [5, 5.41) is 7.64. The molecule has 0 spiro atoms. The molecule has 0 atom stereocenters. The minimum absolute atomic E-state index is 0.153. The largest absolute Gasteiger partial charge is 0.338 e. The molecule has 3 heterocycles. The lowest BCUT2D eigenvalue weighted by Gasteiger charge is -2.34. The Morgan fingerprint density at radius 3 is 2.57 bits per heavy atom. The summed E-state index contributed by atoms with van der Waals surface area (Å²) in [5.41, 5.74) is 1.49. The van der Waals surface area contributed by atoms with Gasteiger partial charge in [-0.15, -0.1) is 0 Å². The van der Waals surface area contributed by atoms with Gasteiger partial charge in [-0.05, 0) is 48.5 Å². The molecule has 0 radical (unpaired) electrons. The molecule has 0 aliphatic carbocycles. The van der Waals surface area contributed by atoms with Gasteiger partial charge in [-0.3, -0.25) is 9.69 Å². The van der Waals surface area contributed by atoms with Gasteiger partial charge in [0.1, 0.15) is 11.6 Å². The highest BCUT2D eigenvalue weighted by Crippen LogP contribution is 2.23. The lowest BCUT2D eigenvalue weighted by molar-refractivity contribution is 0.0615. The van der Waals surface area contributed by atoms with Crippen molar-refractivity contribution in [2.24, 2.45) is 0 Å². The topological polar surface area (TPSA) is 87.4 Å². The van der Waals surface area contributed by atoms with Crippen LogP contribution in [-0.4, -0.2) is 57.0 Å². The number of hydrogen-bond acceptors (Lipinski definition) is 7. The Hall–Kier alpha value is -3.82. The number of nitrogens with zero attached hydrogens (tertiary/aromatic N) is 5. The molecule has 1 fully saturated rings. The number of aromatic nitrogens is 3. The first-order valence-electron chi connectivity index (χ1n) is 11.1. The zero-order valence-electron chi connectivity index (χ0n) is 18.7. The van der Waals surface area contributed by atoms with Gasteiger partial charge in [0.2, 0.25) is 11.7 Å². The molecule has 178 valence electrons. The number of benzene rings is 2. The first-order valence-corrected chi connectivity index (χ1v) is 11.5. The smallest absolute Gasteiger partial charge is 0.257 e. The van der Waals surface area contributed by atoms with Crippen molar-refractivity contribution < 1.29 is 13.7 Å². The molecular weight excluding hydrogens is 471 g/mol. The third-order valence-electron chi connectivity index (χ3n) is 5.75. The van der Waals surface area contributed by atoms with Crippen LogP contribution in [0, 0.1) is 5.82 Å². The number of piperazine rings is 1. The number of carbonyl (C=O) groups excluding carboxylic acids is 1. The summed E-state index contributed by atoms with van der Waals surface area (Å²) in [4.78, 5) is 25.9. The fourth-order valence-electron chi connectivity index (χ4n) is 3.87. The molecule has 1 N–H and O–H groups in total. The second-order valence-electron chi connectivity index (χ2n) is 8.09. The summed E-state index contributed by atoms with van der Waals surface area (Å²) in [6.07, 6.45) is 1.57. The predicted octanol–water partition coefficient (Wildman–Crippen LogP) is 4.63. The molecule has 4 aromatic rings. The van der Waals surface area contributed by atoms with Gasteiger partial charge in [-0.2, -0.15) is 4.98 Å². The molecule has 8 nitrogen and oxygen atoms in total. The Morgan fingerprint density at radius 2 is 1.80 bits per heavy atom. The minimum Gasteiger partial charge on any atom is -0.338 e. The zero-order chi connectivity index (χ0) is 24.2. The summed E-state index contributed by atoms with van der Waals surface area (Å²) in [7, 11) is 0. The van der Waals surface area contributed by atoms with Crippen molar-refractivity contribution in [2.75, 3.05) is 31.5 Å². The summed E-state index contributed by atoms with van der Waals surface area (Å²) in [5.74, 6) is 0.783. The van der Waals surface area contributed by atoms with Gasteiger partial charge in [0.25, 0.3) is 5.91 Å². The second kappa shape index (κ2) is 10.2. The van der Waals surface area contributed by atoms with Crippen LogP contribution in [0.5, 0.6) is 0 Å². The highest BCUT2D eigenvalue weighted by molar-refractivity contribution is 6.30. The maximum absolute atomic E-state index is 14.1. The highest BCUT2D eigenvalue weighted by atomic mass is 35.5. The van der Waals surface area contributed by atoms with Crippen LogP contribution in [0.2, 0.25) is 5.02 Å². The average Bonchev–Trinajstić information content (AvgIpc) is 3.35. The summed E-state index contributed by atoms with van der Waals surface area (Å²) in [6, 6.07) is 16.9. The molecule has 1 aliphatic heterocycles. The van der Waals surface area contributed by atoms with E-state index in [0.717, 1.165) is 5.56 Å². The summed E-state index contributed by atoms with van der Waals surface area (Å²) >= 11 is 5.94. The number of nitrogens with one attached hydrogen (secondary N) is 1. The highest BCUT2D eigenvalue weighted by Gasteiger charge is 2.25. The number of rotatable bonds is 6. The quantitative estimate of drug-likeness (QED) is 0.420. The van der Waals surface area contributed by atoms with Crippen LogP contribution in [0.25, 0.3) is 11.4 Å². The van der Waals surface area contributed by atoms with E-state index in [1.54, 1.807) is 53.6 Å². The molecule has 0 saturated carbocycles. The Labute approximate surface area is 206 Å². The van der Waals surface area contributed by atoms with Crippen molar-refractivity contribution in [3.8, 4) is 11.4 Å². The Kier molecular flexibility index (Phi) is 6.69. The molecular formula is C25H22ClFN6O2. The predicted molar refractivity (Wildman–Crippen MR) is 130 cm³/mol. The molecule has 1 saturated heterocycles. The average molecular weight is 493 g/mol. The van der Waals surface area contributed by atoms with E-state index in [-0.39, 0.29) is 11.6 Å². The fraction of sp³-hybridized carbons (Fsp3) is 0.200. The lowest BCUT2D eigenvalue weighted by atomic mass is 10.2. The number of halogens is 2. The Bertz CT molecular complexity index is 1320. The number of para-hydroxylation sites is 1. The number of carbonyl (C=O) groups is 1. The number of amides is 1. The monoisotopic (exact) mass is 492 g/mol. The van der Waals surface area contributed by atoms with E-state index >= 15 is 0 Å². The van der Waals surface area contributed by atoms with Gasteiger partial charge in [0.05, 0.1) is 17.8 Å². The molecule has 0 unspecified atom stereocenters. The van der Waals surface area contributed by atoms with Crippen molar-refractivity contribution in [3.63, 3.8) is 0 Å². The third-order valence-corrected chi connectivity index (χ3v) is 6.01. The standard InChI is InChI=1S/C25H22ClFN6O2/c26-18-9-7-17(8-10-18)23-30-22(35-31-23)16-32-12-14-33(15-13-32)25(34)19-4-3-11-28-24(19)29-21-6-2-1-5-20(21)27/h1-11H,12-16H2,(H,28,29). The van der Waals surface area contributed by atoms with Gasteiger partial charge < -0.3 is 14.7 Å². The Morgan fingerprint density at radius 1 is 1.03 bits per heavy atom. The van der Waals surface area contributed by atoms with Crippen molar-refractivity contribution in [1.29, 1.82) is 0 Å². The van der Waals surface area contributed by atoms with Crippen LogP contribution < -0.4 is 5.32 Å². The molecule has 2 aromatic carbocycles. The molecule has 2 aromatic heterocycles. The van der Waals surface area contributed by atoms with E-state index in [2.05, 4.69) is 25.3 Å². The molecule has 10 heteroatoms. The van der Waals surface area contributed by atoms with Crippen LogP contribution in [0.1, 0.15) is 16.2 Å². The van der Waals surface area contributed by atoms with Crippen LogP contribution in [-0.2, 0) is 6.54 Å². The van der Waals surface area contributed by atoms with Crippen LogP contribution in [0.4, 0.5) is 15.9 Å². The van der Waals surface area contributed by atoms with Crippen molar-refractivity contribution in [1.82, 2.24) is 24.9 Å². The van der Waals surface area contributed by atoms with E-state index in [4.69, 9.17) is 16.1 Å². The summed E-state index contributed by atoms with van der Waals surface area (Å²) < 4.78 is 19.5. The van der Waals surface area contributed by atoms with Crippen LogP contribution in [0.3, 0.4) is 0 Å². The van der Waals surface area contributed by atoms with Crippen LogP contribution in [0.15, 0.2) is 71.4 Å². The van der Waals surface area contributed by atoms with Crippen LogP contribution >= 0.6 is 11.6 Å². The third kappa shape index (κ3) is 5.31.